The van der Waals surface area contributed by atoms with E-state index in [1.54, 1.807) is 11.3 Å². The number of likely N-dealkylation sites (N-methyl/N-ethyl adjacent to an activating group) is 1. The standard InChI is InChI=1S/C17H21N3S/c1-4-15(19)16(17-12(2)9-10-21-17)20(3)14-7-5-13(11-18)6-8-14/h5-10,15-16H,4,19H2,1-3H3. The molecule has 2 N–H and O–H groups in total. The average Bonchev–Trinajstić information content (AvgIpc) is 2.93. The second-order valence-electron chi connectivity index (χ2n) is 5.25. The highest BCUT2D eigenvalue weighted by Crippen LogP contribution is 2.34. The summed E-state index contributed by atoms with van der Waals surface area (Å²) in [6.45, 7) is 4.25. The third kappa shape index (κ3) is 3.26. The van der Waals surface area contributed by atoms with E-state index in [2.05, 4.69) is 43.3 Å². The van der Waals surface area contributed by atoms with E-state index >= 15 is 0 Å². The van der Waals surface area contributed by atoms with E-state index in [-0.39, 0.29) is 12.1 Å². The Bertz CT molecular complexity index is 624. The highest BCUT2D eigenvalue weighted by molar-refractivity contribution is 7.10. The molecule has 0 saturated heterocycles. The van der Waals surface area contributed by atoms with Crippen LogP contribution in [0.5, 0.6) is 0 Å². The van der Waals surface area contributed by atoms with Gasteiger partial charge in [0, 0.05) is 23.7 Å². The lowest BCUT2D eigenvalue weighted by Gasteiger charge is -2.34. The molecule has 0 aliphatic heterocycles. The van der Waals surface area contributed by atoms with Crippen molar-refractivity contribution >= 4 is 17.0 Å². The molecule has 2 unspecified atom stereocenters. The van der Waals surface area contributed by atoms with E-state index in [0.717, 1.165) is 12.1 Å². The monoisotopic (exact) mass is 299 g/mol. The summed E-state index contributed by atoms with van der Waals surface area (Å²) in [5.74, 6) is 0. The van der Waals surface area contributed by atoms with Crippen molar-refractivity contribution in [2.45, 2.75) is 32.4 Å². The normalized spacial score (nSPS) is 13.5. The summed E-state index contributed by atoms with van der Waals surface area (Å²) in [6, 6.07) is 12.2. The van der Waals surface area contributed by atoms with Crippen molar-refractivity contribution in [2.24, 2.45) is 5.73 Å². The van der Waals surface area contributed by atoms with Gasteiger partial charge in [-0.1, -0.05) is 6.92 Å². The van der Waals surface area contributed by atoms with Gasteiger partial charge in [-0.15, -0.1) is 11.3 Å². The molecule has 0 aliphatic rings. The number of hydrogen-bond donors (Lipinski definition) is 1. The van der Waals surface area contributed by atoms with E-state index < -0.39 is 0 Å². The van der Waals surface area contributed by atoms with Crippen molar-refractivity contribution < 1.29 is 0 Å². The van der Waals surface area contributed by atoms with Crippen LogP contribution in [0.3, 0.4) is 0 Å². The first-order valence-electron chi connectivity index (χ1n) is 7.11. The minimum Gasteiger partial charge on any atom is -0.365 e. The van der Waals surface area contributed by atoms with E-state index in [1.165, 1.54) is 10.4 Å². The van der Waals surface area contributed by atoms with Crippen LogP contribution in [0.25, 0.3) is 0 Å². The lowest BCUT2D eigenvalue weighted by molar-refractivity contribution is 0.515. The quantitative estimate of drug-likeness (QED) is 0.912. The van der Waals surface area contributed by atoms with Crippen LogP contribution in [0.2, 0.25) is 0 Å². The Hall–Kier alpha value is -1.83. The van der Waals surface area contributed by atoms with E-state index in [9.17, 15) is 0 Å². The molecule has 3 nitrogen and oxygen atoms in total. The predicted molar refractivity (Wildman–Crippen MR) is 89.6 cm³/mol. The van der Waals surface area contributed by atoms with Crippen LogP contribution in [0.1, 0.15) is 35.4 Å². The lowest BCUT2D eigenvalue weighted by Crippen LogP contribution is -2.38. The minimum atomic E-state index is 0.0722. The van der Waals surface area contributed by atoms with Crippen LogP contribution in [0.15, 0.2) is 35.7 Å². The molecule has 0 radical (unpaired) electrons. The molecule has 4 heteroatoms. The average molecular weight is 299 g/mol. The van der Waals surface area contributed by atoms with Crippen molar-refractivity contribution in [2.75, 3.05) is 11.9 Å². The molecule has 0 aliphatic carbocycles. The largest absolute Gasteiger partial charge is 0.365 e. The summed E-state index contributed by atoms with van der Waals surface area (Å²) in [4.78, 5) is 3.53. The van der Waals surface area contributed by atoms with Gasteiger partial charge >= 0.3 is 0 Å². The van der Waals surface area contributed by atoms with E-state index in [0.29, 0.717) is 5.56 Å². The van der Waals surface area contributed by atoms with Gasteiger partial charge in [0.05, 0.1) is 17.7 Å². The maximum atomic E-state index is 8.91. The van der Waals surface area contributed by atoms with Gasteiger partial charge in [0.2, 0.25) is 0 Å². The number of rotatable bonds is 5. The van der Waals surface area contributed by atoms with Gasteiger partial charge in [-0.05, 0) is 54.6 Å². The molecule has 1 aromatic heterocycles. The fraction of sp³-hybridized carbons (Fsp3) is 0.353. The van der Waals surface area contributed by atoms with Gasteiger partial charge in [0.1, 0.15) is 0 Å². The van der Waals surface area contributed by atoms with Crippen molar-refractivity contribution in [3.05, 3.63) is 51.7 Å². The summed E-state index contributed by atoms with van der Waals surface area (Å²) in [5, 5.41) is 11.0. The van der Waals surface area contributed by atoms with Crippen LogP contribution < -0.4 is 10.6 Å². The summed E-state index contributed by atoms with van der Waals surface area (Å²) in [6.07, 6.45) is 0.919. The topological polar surface area (TPSA) is 53.0 Å². The molecule has 2 rings (SSSR count). The second kappa shape index (κ2) is 6.75. The van der Waals surface area contributed by atoms with Crippen LogP contribution >= 0.6 is 11.3 Å². The number of benzene rings is 1. The van der Waals surface area contributed by atoms with Crippen molar-refractivity contribution in [1.29, 1.82) is 5.26 Å². The molecule has 2 atom stereocenters. The van der Waals surface area contributed by atoms with Gasteiger partial charge in [-0.25, -0.2) is 0 Å². The number of nitriles is 1. The highest BCUT2D eigenvalue weighted by Gasteiger charge is 2.26. The smallest absolute Gasteiger partial charge is 0.0991 e. The summed E-state index contributed by atoms with van der Waals surface area (Å²) >= 11 is 1.76. The maximum Gasteiger partial charge on any atom is 0.0991 e. The summed E-state index contributed by atoms with van der Waals surface area (Å²) in [5.41, 5.74) is 9.43. The fourth-order valence-electron chi connectivity index (χ4n) is 2.50. The Morgan fingerprint density at radius 1 is 1.29 bits per heavy atom. The lowest BCUT2D eigenvalue weighted by atomic mass is 10.00. The minimum absolute atomic E-state index is 0.0722. The van der Waals surface area contributed by atoms with E-state index in [1.807, 2.05) is 24.3 Å². The van der Waals surface area contributed by atoms with Crippen LogP contribution in [0, 0.1) is 18.3 Å². The van der Waals surface area contributed by atoms with E-state index in [4.69, 9.17) is 11.0 Å². The third-order valence-electron chi connectivity index (χ3n) is 3.87. The van der Waals surface area contributed by atoms with Crippen molar-refractivity contribution in [3.8, 4) is 6.07 Å². The maximum absolute atomic E-state index is 8.91. The summed E-state index contributed by atoms with van der Waals surface area (Å²) in [7, 11) is 2.07. The first kappa shape index (κ1) is 15.6. The molecule has 0 saturated carbocycles. The molecule has 21 heavy (non-hydrogen) atoms. The zero-order valence-corrected chi connectivity index (χ0v) is 13.5. The molecule has 0 fully saturated rings. The Kier molecular flexibility index (Phi) is 5.00. The molecular weight excluding hydrogens is 278 g/mol. The number of hydrogen-bond acceptors (Lipinski definition) is 4. The number of thiophene rings is 1. The third-order valence-corrected chi connectivity index (χ3v) is 4.96. The highest BCUT2D eigenvalue weighted by atomic mass is 32.1. The predicted octanol–water partition coefficient (Wildman–Crippen LogP) is 3.84. The Labute approximate surface area is 130 Å². The van der Waals surface area contributed by atoms with Crippen molar-refractivity contribution in [3.63, 3.8) is 0 Å². The van der Waals surface area contributed by atoms with Gasteiger partial charge in [0.25, 0.3) is 0 Å². The number of aryl methyl sites for hydroxylation is 1. The Morgan fingerprint density at radius 2 is 1.95 bits per heavy atom. The second-order valence-corrected chi connectivity index (χ2v) is 6.20. The zero-order valence-electron chi connectivity index (χ0n) is 12.7. The molecule has 0 bridgehead atoms. The van der Waals surface area contributed by atoms with Gasteiger partial charge in [-0.3, -0.25) is 0 Å². The Balaban J connectivity index is 2.36. The summed E-state index contributed by atoms with van der Waals surface area (Å²) < 4.78 is 0. The zero-order chi connectivity index (χ0) is 15.4. The molecule has 1 aromatic carbocycles. The molecule has 1 heterocycles. The molecule has 0 spiro atoms. The Morgan fingerprint density at radius 3 is 2.43 bits per heavy atom. The fourth-order valence-corrected chi connectivity index (χ4v) is 3.64. The van der Waals surface area contributed by atoms with Crippen LogP contribution in [-0.4, -0.2) is 13.1 Å². The molecule has 0 amide bonds. The van der Waals surface area contributed by atoms with Gasteiger partial charge in [-0.2, -0.15) is 5.26 Å². The number of nitrogens with two attached hydrogens (primary N) is 1. The van der Waals surface area contributed by atoms with Crippen LogP contribution in [-0.2, 0) is 0 Å². The number of nitrogens with zero attached hydrogens (tertiary/aromatic N) is 2. The molecule has 2 aromatic rings. The van der Waals surface area contributed by atoms with Gasteiger partial charge < -0.3 is 10.6 Å². The first-order chi connectivity index (χ1) is 10.1. The SMILES string of the molecule is CCC(N)C(c1sccc1C)N(C)c1ccc(C#N)cc1. The van der Waals surface area contributed by atoms with Crippen LogP contribution in [0.4, 0.5) is 5.69 Å². The molecular formula is C17H21N3S. The van der Waals surface area contributed by atoms with Crippen molar-refractivity contribution in [1.82, 2.24) is 0 Å². The molecule has 110 valence electrons. The van der Waals surface area contributed by atoms with Gasteiger partial charge in [0.15, 0.2) is 0 Å². The first-order valence-corrected chi connectivity index (χ1v) is 7.99. The number of anilines is 1.